The second kappa shape index (κ2) is 27.8. The van der Waals surface area contributed by atoms with E-state index in [1.807, 2.05) is 74.7 Å². The monoisotopic (exact) mass is 1030 g/mol. The van der Waals surface area contributed by atoms with Crippen LogP contribution in [0.1, 0.15) is 79.8 Å². The summed E-state index contributed by atoms with van der Waals surface area (Å²) in [6.07, 6.45) is 13.0. The Bertz CT molecular complexity index is 3020. The average molecular weight is 1030 g/mol. The number of imidazole rings is 1. The van der Waals surface area contributed by atoms with Gasteiger partial charge in [-0.15, -0.1) is 0 Å². The van der Waals surface area contributed by atoms with Gasteiger partial charge in [0.15, 0.2) is 6.29 Å². The molecule has 0 fully saturated rings. The van der Waals surface area contributed by atoms with Crippen LogP contribution in [0.4, 0.5) is 23.0 Å². The lowest BCUT2D eigenvalue weighted by Crippen LogP contribution is -2.34. The third-order valence-corrected chi connectivity index (χ3v) is 11.3. The molecule has 6 aromatic rings. The molecule has 0 aliphatic carbocycles. The zero-order chi connectivity index (χ0) is 54.6. The fourth-order valence-corrected chi connectivity index (χ4v) is 7.75. The molecule has 400 valence electrons. The van der Waals surface area contributed by atoms with Gasteiger partial charge < -0.3 is 51.5 Å². The molecule has 0 aliphatic rings. The van der Waals surface area contributed by atoms with E-state index in [4.69, 9.17) is 31.9 Å². The zero-order valence-electron chi connectivity index (χ0n) is 43.8. The van der Waals surface area contributed by atoms with Crippen LogP contribution in [0, 0.1) is 13.8 Å². The largest absolute Gasteiger partial charge is 0.491 e. The van der Waals surface area contributed by atoms with Crippen molar-refractivity contribution in [2.45, 2.75) is 66.7 Å². The number of nitrogens with one attached hydrogen (secondary N) is 4. The van der Waals surface area contributed by atoms with Gasteiger partial charge in [-0.05, 0) is 90.4 Å². The number of rotatable bonds is 26. The SMILES string of the molecule is C=Nc1cc(C(N)=O)cc(OCCC/C(=N/N)N(C)N)c1N(C/C=C/Cn1c(NC(=O)c2cc(C)nn2CC)nc2cc(C(=O)NC)cc(OC/C=C/Cn3cc(NC)cn3)c21)CNC.CCn1nc(C)cc1C=O. The number of nitrogens with two attached hydrogens (primary N) is 3. The van der Waals surface area contributed by atoms with Crippen LogP contribution < -0.4 is 53.1 Å². The molecule has 0 bridgehead atoms. The van der Waals surface area contributed by atoms with Crippen LogP contribution in [0.15, 0.2) is 83.2 Å². The van der Waals surface area contributed by atoms with Crippen molar-refractivity contribution in [2.24, 2.45) is 27.5 Å². The first-order chi connectivity index (χ1) is 36.1. The van der Waals surface area contributed by atoms with Crippen molar-refractivity contribution in [3.8, 4) is 11.5 Å². The molecule has 0 spiro atoms. The van der Waals surface area contributed by atoms with E-state index in [1.54, 1.807) is 77.8 Å². The number of amidine groups is 1. The fourth-order valence-electron chi connectivity index (χ4n) is 7.75. The van der Waals surface area contributed by atoms with Crippen LogP contribution in [0.25, 0.3) is 11.0 Å². The van der Waals surface area contributed by atoms with Crippen molar-refractivity contribution in [3.63, 3.8) is 0 Å². The highest BCUT2D eigenvalue weighted by Crippen LogP contribution is 2.40. The van der Waals surface area contributed by atoms with E-state index in [0.717, 1.165) is 24.2 Å². The van der Waals surface area contributed by atoms with Gasteiger partial charge in [0, 0.05) is 71.1 Å². The van der Waals surface area contributed by atoms with Crippen molar-refractivity contribution in [2.75, 3.05) is 70.2 Å². The Balaban J connectivity index is 0.000000929. The summed E-state index contributed by atoms with van der Waals surface area (Å²) in [7, 11) is 6.81. The average Bonchev–Trinajstić information content (AvgIpc) is 4.21. The lowest BCUT2D eigenvalue weighted by Gasteiger charge is -2.27. The number of carbonyl (C=O) groups excluding carboxylic acids is 4. The van der Waals surface area contributed by atoms with Gasteiger partial charge in [-0.2, -0.15) is 20.4 Å². The molecule has 0 saturated carbocycles. The summed E-state index contributed by atoms with van der Waals surface area (Å²) in [5, 5.41) is 29.8. The second-order valence-electron chi connectivity index (χ2n) is 16.7. The molecule has 75 heavy (non-hydrogen) atoms. The highest BCUT2D eigenvalue weighted by molar-refractivity contribution is 6.04. The van der Waals surface area contributed by atoms with Gasteiger partial charge >= 0.3 is 0 Å². The normalized spacial score (nSPS) is 11.4. The van der Waals surface area contributed by atoms with Gasteiger partial charge in [-0.3, -0.25) is 43.5 Å². The van der Waals surface area contributed by atoms with Gasteiger partial charge in [-0.1, -0.05) is 18.2 Å². The maximum atomic E-state index is 13.9. The van der Waals surface area contributed by atoms with Crippen molar-refractivity contribution >= 4 is 70.6 Å². The third kappa shape index (κ3) is 15.1. The molecule has 0 unspecified atom stereocenters. The summed E-state index contributed by atoms with van der Waals surface area (Å²) in [6, 6.07) is 9.92. The highest BCUT2D eigenvalue weighted by Gasteiger charge is 2.23. The number of hydrazone groups is 1. The van der Waals surface area contributed by atoms with Crippen molar-refractivity contribution < 1.29 is 28.7 Å². The minimum atomic E-state index is -0.655. The number of amides is 3. The van der Waals surface area contributed by atoms with E-state index in [9.17, 15) is 19.2 Å². The molecular formula is C50H69N19O6. The number of nitrogens with zero attached hydrogens (tertiary/aromatic N) is 12. The minimum Gasteiger partial charge on any atom is -0.491 e. The molecule has 3 amide bonds. The Morgan fingerprint density at radius 3 is 2.24 bits per heavy atom. The van der Waals surface area contributed by atoms with Gasteiger partial charge in [-0.25, -0.2) is 10.8 Å². The predicted molar refractivity (Wildman–Crippen MR) is 291 cm³/mol. The standard InChI is InChI=1S/C43H59N17O5.C7H10N2O/c1-8-60-34(20-28(2)55-60)42(63)53-43-52-33-22-30(41(62)50-6)24-36(64-18-12-11-16-58-26-31(48-4)25-51-58)39(33)59(43)17-10-9-15-57(27-47-3)38-32(49-5)21-29(40(44)61)23-35(38)65-19-13-14-37(54-45)56(7)46;1-3-9-7(5-10)4-6(2)8-9/h9-12,20-26,47-48H,5,8,13-19,27,45-46H2,1-4,6-7H3,(H2,44,61)(H,50,62)(H,52,53,63);4-5H,3H2,1-2H3/b10-9+,12-11+,54-37-;. The number of hydrazine groups is 1. The molecular weight excluding hydrogens is 963 g/mol. The number of aryl methyl sites for hydroxylation is 4. The summed E-state index contributed by atoms with van der Waals surface area (Å²) in [6.45, 7) is 14.3. The quantitative estimate of drug-likeness (QED) is 0.00591. The van der Waals surface area contributed by atoms with E-state index in [2.05, 4.69) is 53.4 Å². The molecule has 10 N–H and O–H groups in total. The topological polar surface area (TPSA) is 315 Å². The van der Waals surface area contributed by atoms with E-state index in [1.165, 1.54) is 5.01 Å². The summed E-state index contributed by atoms with van der Waals surface area (Å²) >= 11 is 0. The number of anilines is 3. The minimum absolute atomic E-state index is 0.160. The third-order valence-electron chi connectivity index (χ3n) is 11.3. The number of benzene rings is 2. The maximum absolute atomic E-state index is 13.9. The molecule has 0 radical (unpaired) electrons. The predicted octanol–water partition coefficient (Wildman–Crippen LogP) is 3.98. The summed E-state index contributed by atoms with van der Waals surface area (Å²) in [5.41, 5.74) is 11.6. The number of aromatic nitrogens is 8. The molecule has 2 aromatic carbocycles. The summed E-state index contributed by atoms with van der Waals surface area (Å²) in [5.74, 6) is 11.4. The van der Waals surface area contributed by atoms with Crippen LogP contribution in [0.2, 0.25) is 0 Å². The lowest BCUT2D eigenvalue weighted by atomic mass is 10.1. The number of aldehydes is 1. The molecule has 4 aromatic heterocycles. The smallest absolute Gasteiger partial charge is 0.276 e. The van der Waals surface area contributed by atoms with Crippen LogP contribution in [0.5, 0.6) is 11.5 Å². The molecule has 25 heteroatoms. The van der Waals surface area contributed by atoms with E-state index in [-0.39, 0.29) is 37.2 Å². The number of aliphatic imine (C=N–C) groups is 1. The Kier molecular flexibility index (Phi) is 21.2. The number of allylic oxidation sites excluding steroid dienone is 2. The fraction of sp³-hybridized carbons (Fsp3) is 0.360. The molecule has 4 heterocycles. The number of fused-ring (bicyclic) bond motifs is 1. The van der Waals surface area contributed by atoms with Crippen LogP contribution in [-0.4, -0.2) is 135 Å². The van der Waals surface area contributed by atoms with Gasteiger partial charge in [0.1, 0.15) is 46.5 Å². The zero-order valence-corrected chi connectivity index (χ0v) is 43.8. The summed E-state index contributed by atoms with van der Waals surface area (Å²) in [4.78, 5) is 60.6. The van der Waals surface area contributed by atoms with Gasteiger partial charge in [0.25, 0.3) is 11.8 Å². The van der Waals surface area contributed by atoms with Crippen LogP contribution >= 0.6 is 0 Å². The first-order valence-corrected chi connectivity index (χ1v) is 24.1. The second-order valence-corrected chi connectivity index (χ2v) is 16.7. The van der Waals surface area contributed by atoms with E-state index in [0.29, 0.717) is 102 Å². The Morgan fingerprint density at radius 1 is 0.893 bits per heavy atom. The highest BCUT2D eigenvalue weighted by atomic mass is 16.5. The number of ether oxygens (including phenoxy) is 2. The van der Waals surface area contributed by atoms with Crippen LogP contribution in [0.3, 0.4) is 0 Å². The van der Waals surface area contributed by atoms with Crippen molar-refractivity contribution in [1.82, 2.24) is 54.5 Å². The Morgan fingerprint density at radius 2 is 1.61 bits per heavy atom. The lowest BCUT2D eigenvalue weighted by molar-refractivity contribution is 0.0960. The van der Waals surface area contributed by atoms with Crippen LogP contribution in [-0.2, 0) is 26.2 Å². The molecule has 0 aliphatic heterocycles. The Hall–Kier alpha value is -8.84. The molecule has 0 atom stereocenters. The van der Waals surface area contributed by atoms with Crippen molar-refractivity contribution in [3.05, 3.63) is 107 Å². The number of hydrogen-bond donors (Lipinski definition) is 7. The molecule has 6 rings (SSSR count). The number of hydrogen-bond acceptors (Lipinski definition) is 17. The van der Waals surface area contributed by atoms with Gasteiger partial charge in [0.2, 0.25) is 11.9 Å². The maximum Gasteiger partial charge on any atom is 0.276 e. The molecule has 0 saturated heterocycles. The molecule has 25 nitrogen and oxygen atoms in total. The van der Waals surface area contributed by atoms with Gasteiger partial charge in [0.05, 0.1) is 54.3 Å². The first-order valence-electron chi connectivity index (χ1n) is 24.1. The van der Waals surface area contributed by atoms with E-state index >= 15 is 0 Å². The number of carbonyl (C=O) groups is 4. The Labute approximate surface area is 435 Å². The first kappa shape index (κ1) is 57.1. The van der Waals surface area contributed by atoms with Crippen molar-refractivity contribution in [1.29, 1.82) is 0 Å². The number of primary amides is 1. The van der Waals surface area contributed by atoms with E-state index < -0.39 is 11.8 Å². The summed E-state index contributed by atoms with van der Waals surface area (Å²) < 4.78 is 19.5.